The predicted molar refractivity (Wildman–Crippen MR) is 50.8 cm³/mol. The monoisotopic (exact) mass is 262 g/mol. The van der Waals surface area contributed by atoms with Gasteiger partial charge in [-0.2, -0.15) is 0 Å². The van der Waals surface area contributed by atoms with Crippen LogP contribution in [0.4, 0.5) is 0 Å². The van der Waals surface area contributed by atoms with Crippen LogP contribution in [0.25, 0.3) is 0 Å². The molecule has 86 valence electrons. The van der Waals surface area contributed by atoms with Crippen LogP contribution in [0.2, 0.25) is 0 Å². The van der Waals surface area contributed by atoms with Gasteiger partial charge in [-0.05, 0) is 13.8 Å². The fraction of sp³-hybridized carbons (Fsp3) is 0.750. The summed E-state index contributed by atoms with van der Waals surface area (Å²) in [4.78, 5) is 23.2. The summed E-state index contributed by atoms with van der Waals surface area (Å²) >= 11 is 0. The molecular weight excluding hydrogens is 245 g/mol. The summed E-state index contributed by atoms with van der Waals surface area (Å²) in [6.45, 7) is -2.50. The van der Waals surface area contributed by atoms with Crippen LogP contribution in [0, 0.1) is 0 Å². The normalized spacial score (nSPS) is 48.2. The van der Waals surface area contributed by atoms with Gasteiger partial charge in [0.25, 0.3) is 0 Å². The number of hydrogen-bond donors (Lipinski definition) is 1. The van der Waals surface area contributed by atoms with Gasteiger partial charge in [-0.3, -0.25) is 4.79 Å². The summed E-state index contributed by atoms with van der Waals surface area (Å²) in [5.74, 6) is -3.12. The summed E-state index contributed by atoms with van der Waals surface area (Å²) in [6.07, 6.45) is -2.81. The van der Waals surface area contributed by atoms with Crippen molar-refractivity contribution >= 4 is 21.7 Å². The average molecular weight is 262 g/mol. The van der Waals surface area contributed by atoms with Crippen LogP contribution >= 0.6 is 0 Å². The van der Waals surface area contributed by atoms with Gasteiger partial charge >= 0.3 is 35.5 Å². The van der Waals surface area contributed by atoms with Gasteiger partial charge in [0.1, 0.15) is 11.4 Å². The van der Waals surface area contributed by atoms with E-state index in [1.807, 2.05) is 0 Å². The van der Waals surface area contributed by atoms with E-state index in [0.717, 1.165) is 6.92 Å². The maximum absolute atomic E-state index is 12.3. The molecule has 0 spiro atoms. The van der Waals surface area contributed by atoms with Crippen LogP contribution in [-0.4, -0.2) is 46.5 Å². The van der Waals surface area contributed by atoms with Crippen molar-refractivity contribution in [3.63, 3.8) is 0 Å². The minimum absolute atomic E-state index is 0. The molecule has 0 aromatic rings. The Morgan fingerprint density at radius 3 is 2.81 bits per heavy atom. The van der Waals surface area contributed by atoms with Crippen LogP contribution in [0.3, 0.4) is 0 Å². The molecule has 0 aliphatic carbocycles. The first-order valence-corrected chi connectivity index (χ1v) is 5.56. The number of carbonyl (C=O) groups excluding carboxylic acids is 1. The summed E-state index contributed by atoms with van der Waals surface area (Å²) in [7, 11) is -4.73. The van der Waals surface area contributed by atoms with Gasteiger partial charge in [0.05, 0.1) is 11.1 Å². The molecular formula is C8H12NNaO5S. The Morgan fingerprint density at radius 2 is 2.38 bits per heavy atom. The summed E-state index contributed by atoms with van der Waals surface area (Å²) in [5, 5.41) is 7.05. The van der Waals surface area contributed by atoms with Crippen molar-refractivity contribution in [3.8, 4) is 0 Å². The van der Waals surface area contributed by atoms with Crippen LogP contribution in [0.1, 0.15) is 28.4 Å². The molecule has 0 aromatic carbocycles. The van der Waals surface area contributed by atoms with E-state index in [2.05, 4.69) is 0 Å². The average Bonchev–Trinajstić information content (AvgIpc) is 2.42. The number of aliphatic carboxylic acids is 1. The number of rotatable bonds is 1. The van der Waals surface area contributed by atoms with Crippen LogP contribution in [-0.2, 0) is 19.4 Å². The second kappa shape index (κ2) is 3.69. The fourth-order valence-electron chi connectivity index (χ4n) is 1.78. The molecule has 2 saturated heterocycles. The zero-order valence-electron chi connectivity index (χ0n) is 14.6. The van der Waals surface area contributed by atoms with Crippen molar-refractivity contribution in [1.29, 1.82) is 0 Å². The molecule has 1 N–H and O–H groups in total. The second-order valence-corrected chi connectivity index (χ2v) is 5.99. The number of β-lactam (4-membered cyclic amide) rings is 1. The minimum Gasteiger partial charge on any atom is -1.00 e. The molecule has 1 unspecified atom stereocenters. The van der Waals surface area contributed by atoms with E-state index in [1.165, 1.54) is 0 Å². The third-order valence-electron chi connectivity index (χ3n) is 2.65. The SMILES string of the molecule is [2H]C1([2H])C(=O)N2[C@@H](C(=O)O)C(C)(C([2H])([2H])[2H])S(=O)(=O)[C@@H]21.[H-].[Na+]. The van der Waals surface area contributed by atoms with E-state index >= 15 is 0 Å². The molecule has 1 amide bonds. The smallest absolute Gasteiger partial charge is 1.00 e. The summed E-state index contributed by atoms with van der Waals surface area (Å²) in [5.41, 5.74) is 0. The van der Waals surface area contributed by atoms with Crippen LogP contribution in [0.15, 0.2) is 0 Å². The van der Waals surface area contributed by atoms with Crippen molar-refractivity contribution in [2.24, 2.45) is 0 Å². The first kappa shape index (κ1) is 8.07. The molecule has 6 nitrogen and oxygen atoms in total. The van der Waals surface area contributed by atoms with Gasteiger partial charge in [-0.25, -0.2) is 13.2 Å². The molecule has 2 fully saturated rings. The standard InChI is InChI=1S/C8H11NO5S.Na.H/c1-8(2)6(7(11)12)9-4(10)3-5(9)15(8,13)14;;/h5-6H,3H2,1-2H3,(H,11,12);;/q;+1;-1/t5-,6+;;/m1../s1/i1D3,3D2;;/t5-,6+,8?;;. The third-order valence-corrected chi connectivity index (χ3v) is 4.99. The van der Waals surface area contributed by atoms with Crippen molar-refractivity contribution in [1.82, 2.24) is 4.90 Å². The fourth-order valence-corrected chi connectivity index (χ4v) is 3.54. The largest absolute Gasteiger partial charge is 1.00 e. The number of amides is 1. The second-order valence-electron chi connectivity index (χ2n) is 3.60. The molecule has 3 atom stereocenters. The Balaban J connectivity index is 0.00000220. The summed E-state index contributed by atoms with van der Waals surface area (Å²) < 4.78 is 58.7. The molecule has 0 aromatic heterocycles. The Labute approximate surface area is 124 Å². The molecule has 2 rings (SSSR count). The van der Waals surface area contributed by atoms with Gasteiger partial charge in [0.2, 0.25) is 5.91 Å². The number of carboxylic acid groups (broad SMARTS) is 1. The van der Waals surface area contributed by atoms with Gasteiger partial charge in [0.15, 0.2) is 9.84 Å². The molecule has 2 aliphatic heterocycles. The van der Waals surface area contributed by atoms with Crippen molar-refractivity contribution in [3.05, 3.63) is 0 Å². The van der Waals surface area contributed by atoms with E-state index in [0.29, 0.717) is 4.90 Å². The number of fused-ring (bicyclic) bond motifs is 1. The minimum atomic E-state index is -4.73. The van der Waals surface area contributed by atoms with Gasteiger partial charge in [0, 0.05) is 6.85 Å². The van der Waals surface area contributed by atoms with E-state index in [9.17, 15) is 18.0 Å². The number of sulfone groups is 1. The zero-order valence-corrected chi connectivity index (χ0v) is 11.4. The van der Waals surface area contributed by atoms with Crippen LogP contribution < -0.4 is 29.6 Å². The van der Waals surface area contributed by atoms with Crippen LogP contribution in [0.5, 0.6) is 0 Å². The van der Waals surface area contributed by atoms with E-state index in [1.54, 1.807) is 0 Å². The zero-order chi connectivity index (χ0) is 15.9. The Hall–Kier alpha value is -0.110. The van der Waals surface area contributed by atoms with Crippen molar-refractivity contribution < 1.29 is 61.0 Å². The van der Waals surface area contributed by atoms with E-state index in [-0.39, 0.29) is 31.0 Å². The van der Waals surface area contributed by atoms with Crippen molar-refractivity contribution in [2.45, 2.75) is 36.3 Å². The molecule has 2 aliphatic rings. The Morgan fingerprint density at radius 1 is 1.81 bits per heavy atom. The Kier molecular flexibility index (Phi) is 1.86. The summed E-state index contributed by atoms with van der Waals surface area (Å²) in [6, 6.07) is -2.14. The molecule has 0 radical (unpaired) electrons. The third kappa shape index (κ3) is 1.38. The Bertz CT molecular complexity index is 621. The predicted octanol–water partition coefficient (Wildman–Crippen LogP) is -3.68. The topological polar surface area (TPSA) is 91.8 Å². The molecule has 0 saturated carbocycles. The van der Waals surface area contributed by atoms with E-state index in [4.69, 9.17) is 12.0 Å². The number of hydrogen-bond acceptors (Lipinski definition) is 4. The van der Waals surface area contributed by atoms with Gasteiger partial charge in [-0.1, -0.05) is 0 Å². The first-order chi connectivity index (χ1) is 8.72. The molecule has 16 heavy (non-hydrogen) atoms. The molecule has 0 bridgehead atoms. The maximum Gasteiger partial charge on any atom is 1.00 e. The quantitative estimate of drug-likeness (QED) is 0.388. The number of nitrogens with zero attached hydrogens (tertiary/aromatic N) is 1. The van der Waals surface area contributed by atoms with E-state index < -0.39 is 51.1 Å². The molecule has 8 heteroatoms. The van der Waals surface area contributed by atoms with Gasteiger partial charge in [-0.15, -0.1) is 0 Å². The number of carbonyl (C=O) groups is 2. The molecule has 2 heterocycles. The van der Waals surface area contributed by atoms with Gasteiger partial charge < -0.3 is 11.4 Å². The first-order valence-electron chi connectivity index (χ1n) is 6.51. The number of carboxylic acids is 1. The maximum atomic E-state index is 12.3. The van der Waals surface area contributed by atoms with Crippen molar-refractivity contribution in [2.75, 3.05) is 0 Å².